The molecule has 3 aromatic carbocycles. The standard InChI is InChI=1S/C28H34N6O7.C8H10.C5H12/c29-20-5-10-25(36)33-21-6-1-18(2-7-21)14-24(28(39)40)34-26(37)16-31-27(38)23(32-17-35)13-19-3-8-22(9-4-19)41-12-11-30-15-20;1-2-8-6-4-3-5-7-8;1-4-5(2)3/h1-4,6-9,15,17,23-24,30H,5,10-14,16,29H2,(H,31,38)(H,32,35)(H,33,36)(H,34,37)(H,39,40);3-7H,2H2,1H3;5H,4H2,1-3H3/b20-15-;;. The molecule has 13 nitrogen and oxygen atoms in total. The second-order valence-electron chi connectivity index (χ2n) is 13.0. The van der Waals surface area contributed by atoms with Crippen LogP contribution in [-0.2, 0) is 43.2 Å². The lowest BCUT2D eigenvalue weighted by molar-refractivity contribution is -0.141. The van der Waals surface area contributed by atoms with Gasteiger partial charge in [-0.15, -0.1) is 0 Å². The number of aliphatic carboxylic acids is 1. The summed E-state index contributed by atoms with van der Waals surface area (Å²) in [6, 6.07) is 21.8. The lowest BCUT2D eigenvalue weighted by Gasteiger charge is -2.18. The molecule has 54 heavy (non-hydrogen) atoms. The molecule has 2 unspecified atom stereocenters. The Morgan fingerprint density at radius 1 is 0.926 bits per heavy atom. The maximum atomic E-state index is 12.7. The number of carboxylic acids is 1. The summed E-state index contributed by atoms with van der Waals surface area (Å²) in [4.78, 5) is 60.3. The van der Waals surface area contributed by atoms with Crippen molar-refractivity contribution in [2.45, 2.75) is 78.3 Å². The molecule has 0 aliphatic carbocycles. The molecule has 13 heteroatoms. The van der Waals surface area contributed by atoms with Crippen LogP contribution in [0.2, 0.25) is 0 Å². The van der Waals surface area contributed by atoms with Gasteiger partial charge in [-0.3, -0.25) is 19.2 Å². The van der Waals surface area contributed by atoms with E-state index in [0.717, 1.165) is 17.9 Å². The minimum absolute atomic E-state index is 0.0212. The average Bonchev–Trinajstić information content (AvgIpc) is 3.17. The monoisotopic (exact) mass is 744 g/mol. The van der Waals surface area contributed by atoms with Gasteiger partial charge in [0.1, 0.15) is 24.4 Å². The van der Waals surface area contributed by atoms with E-state index >= 15 is 0 Å². The van der Waals surface area contributed by atoms with Crippen molar-refractivity contribution >= 4 is 35.8 Å². The highest BCUT2D eigenvalue weighted by atomic mass is 16.5. The summed E-state index contributed by atoms with van der Waals surface area (Å²) in [7, 11) is 0. The fraction of sp³-hybridized carbons (Fsp3) is 0.390. The number of nitrogens with two attached hydrogens (primary N) is 1. The number of ether oxygens (including phenoxy) is 1. The molecule has 3 aromatic rings. The van der Waals surface area contributed by atoms with Crippen LogP contribution in [0.4, 0.5) is 5.69 Å². The smallest absolute Gasteiger partial charge is 0.326 e. The lowest BCUT2D eigenvalue weighted by Crippen LogP contribution is -2.50. The van der Waals surface area contributed by atoms with Gasteiger partial charge in [0, 0.05) is 43.4 Å². The number of carbonyl (C=O) groups excluding carboxylic acids is 4. The van der Waals surface area contributed by atoms with Gasteiger partial charge in [-0.1, -0.05) is 88.7 Å². The molecule has 8 N–H and O–H groups in total. The van der Waals surface area contributed by atoms with Crippen molar-refractivity contribution in [2.75, 3.05) is 25.0 Å². The molecule has 4 bridgehead atoms. The van der Waals surface area contributed by atoms with Crippen LogP contribution < -0.4 is 37.1 Å². The quantitative estimate of drug-likeness (QED) is 0.188. The zero-order valence-corrected chi connectivity index (χ0v) is 31.7. The number of hydrogen-bond donors (Lipinski definition) is 7. The first-order valence-electron chi connectivity index (χ1n) is 18.3. The Morgan fingerprint density at radius 3 is 2.13 bits per heavy atom. The fourth-order valence-corrected chi connectivity index (χ4v) is 4.66. The Morgan fingerprint density at radius 2 is 1.56 bits per heavy atom. The van der Waals surface area contributed by atoms with Crippen molar-refractivity contribution in [3.05, 3.63) is 107 Å². The van der Waals surface area contributed by atoms with Crippen molar-refractivity contribution in [3.8, 4) is 5.75 Å². The lowest BCUT2D eigenvalue weighted by atomic mass is 10.0. The van der Waals surface area contributed by atoms with E-state index in [1.54, 1.807) is 54.7 Å². The highest BCUT2D eigenvalue weighted by Gasteiger charge is 2.23. The Balaban J connectivity index is 0.000000653. The largest absolute Gasteiger partial charge is 0.492 e. The molecule has 2 atom stereocenters. The molecule has 0 spiro atoms. The number of nitrogens with one attached hydrogen (secondary N) is 5. The van der Waals surface area contributed by atoms with Crippen molar-refractivity contribution in [3.63, 3.8) is 0 Å². The Hall–Kier alpha value is -5.85. The van der Waals surface area contributed by atoms with E-state index in [1.165, 1.54) is 12.0 Å². The molecule has 0 fully saturated rings. The summed E-state index contributed by atoms with van der Waals surface area (Å²) in [5.74, 6) is -1.31. The first kappa shape index (κ1) is 44.3. The molecule has 7 rings (SSSR count). The van der Waals surface area contributed by atoms with Gasteiger partial charge in [-0.2, -0.15) is 0 Å². The van der Waals surface area contributed by atoms with Crippen molar-refractivity contribution in [1.29, 1.82) is 0 Å². The van der Waals surface area contributed by atoms with E-state index in [9.17, 15) is 29.1 Å². The van der Waals surface area contributed by atoms with E-state index < -0.39 is 36.4 Å². The molecule has 0 aromatic heterocycles. The maximum Gasteiger partial charge on any atom is 0.326 e. The SMILES string of the molecule is CCC(C)C.CCc1ccccc1.N/C1=C\NCCOc2ccc(cc2)CC(NC=O)C(=O)NCC(=O)NC(C(=O)O)Cc2ccc(cc2)NC(=O)CC1. The summed E-state index contributed by atoms with van der Waals surface area (Å²) in [6.07, 6.45) is 5.12. The molecular weight excluding hydrogens is 688 g/mol. The van der Waals surface area contributed by atoms with E-state index in [1.807, 2.05) is 6.07 Å². The van der Waals surface area contributed by atoms with Crippen LogP contribution in [0.25, 0.3) is 0 Å². The van der Waals surface area contributed by atoms with Crippen molar-refractivity contribution in [1.82, 2.24) is 21.3 Å². The fourth-order valence-electron chi connectivity index (χ4n) is 4.66. The molecule has 0 saturated carbocycles. The van der Waals surface area contributed by atoms with Crippen LogP contribution >= 0.6 is 0 Å². The molecular formula is C41H56N6O7. The van der Waals surface area contributed by atoms with Gasteiger partial charge in [-0.25, -0.2) is 4.79 Å². The number of allylic oxidation sites excluding steroid dienone is 1. The minimum atomic E-state index is -1.25. The molecule has 0 saturated heterocycles. The normalized spacial score (nSPS) is 18.2. The van der Waals surface area contributed by atoms with Crippen LogP contribution in [-0.4, -0.2) is 67.0 Å². The Labute approximate surface area is 318 Å². The van der Waals surface area contributed by atoms with Crippen LogP contribution in [0.15, 0.2) is 90.8 Å². The zero-order valence-electron chi connectivity index (χ0n) is 31.7. The number of benzene rings is 3. The van der Waals surface area contributed by atoms with Gasteiger partial charge in [0.2, 0.25) is 24.1 Å². The summed E-state index contributed by atoms with van der Waals surface area (Å²) in [5.41, 5.74) is 9.77. The first-order valence-corrected chi connectivity index (χ1v) is 18.3. The highest BCUT2D eigenvalue weighted by molar-refractivity contribution is 5.91. The third-order valence-electron chi connectivity index (χ3n) is 8.19. The van der Waals surface area contributed by atoms with E-state index in [-0.39, 0.29) is 25.2 Å². The predicted molar refractivity (Wildman–Crippen MR) is 210 cm³/mol. The average molecular weight is 745 g/mol. The van der Waals surface area contributed by atoms with Crippen LogP contribution in [0, 0.1) is 5.92 Å². The van der Waals surface area contributed by atoms with Gasteiger partial charge in [0.25, 0.3) is 0 Å². The predicted octanol–water partition coefficient (Wildman–Crippen LogP) is 4.07. The minimum Gasteiger partial charge on any atom is -0.492 e. The number of carboxylic acid groups (broad SMARTS) is 1. The summed E-state index contributed by atoms with van der Waals surface area (Å²) in [5, 5.41) is 22.7. The van der Waals surface area contributed by atoms with Crippen molar-refractivity contribution < 1.29 is 33.8 Å². The molecule has 4 aliphatic heterocycles. The highest BCUT2D eigenvalue weighted by Crippen LogP contribution is 2.15. The zero-order chi connectivity index (χ0) is 39.7. The molecule has 4 aliphatic rings. The third-order valence-corrected chi connectivity index (χ3v) is 8.19. The molecule has 292 valence electrons. The summed E-state index contributed by atoms with van der Waals surface area (Å²) < 4.78 is 5.69. The van der Waals surface area contributed by atoms with Gasteiger partial charge in [-0.05, 0) is 59.7 Å². The summed E-state index contributed by atoms with van der Waals surface area (Å²) in [6.45, 7) is 9.15. The van der Waals surface area contributed by atoms with Gasteiger partial charge < -0.3 is 42.2 Å². The van der Waals surface area contributed by atoms with E-state index in [2.05, 4.69) is 78.5 Å². The van der Waals surface area contributed by atoms with E-state index in [0.29, 0.717) is 48.7 Å². The molecule has 4 heterocycles. The number of aryl methyl sites for hydroxylation is 1. The number of amides is 4. The number of hydrogen-bond acceptors (Lipinski definition) is 8. The third kappa shape index (κ3) is 18.6. The second-order valence-corrected chi connectivity index (χ2v) is 13.0. The van der Waals surface area contributed by atoms with Crippen LogP contribution in [0.1, 0.15) is 63.6 Å². The van der Waals surface area contributed by atoms with Crippen LogP contribution in [0.3, 0.4) is 0 Å². The first-order chi connectivity index (χ1) is 25.9. The maximum absolute atomic E-state index is 12.7. The van der Waals surface area contributed by atoms with Gasteiger partial charge in [0.05, 0.1) is 6.54 Å². The summed E-state index contributed by atoms with van der Waals surface area (Å²) >= 11 is 0. The molecule has 4 amide bonds. The van der Waals surface area contributed by atoms with Gasteiger partial charge in [0.15, 0.2) is 0 Å². The Kier molecular flexibility index (Phi) is 20.7. The van der Waals surface area contributed by atoms with E-state index in [4.69, 9.17) is 10.5 Å². The number of carbonyl (C=O) groups is 5. The van der Waals surface area contributed by atoms with Crippen LogP contribution in [0.5, 0.6) is 5.75 Å². The van der Waals surface area contributed by atoms with Gasteiger partial charge >= 0.3 is 5.97 Å². The number of rotatable bonds is 5. The second kappa shape index (κ2) is 25.2. The molecule has 0 radical (unpaired) electrons. The van der Waals surface area contributed by atoms with Crippen molar-refractivity contribution in [2.24, 2.45) is 11.7 Å². The Bertz CT molecular complexity index is 1610. The number of anilines is 1. The topological polar surface area (TPSA) is 201 Å².